The monoisotopic (exact) mass is 280 g/mol. The molecule has 90 valence electrons. The van der Waals surface area contributed by atoms with Gasteiger partial charge >= 0.3 is 17.1 Å². The van der Waals surface area contributed by atoms with Gasteiger partial charge in [-0.25, -0.2) is 0 Å². The summed E-state index contributed by atoms with van der Waals surface area (Å²) in [6.07, 6.45) is 0. The van der Waals surface area contributed by atoms with Crippen molar-refractivity contribution in [2.24, 2.45) is 0 Å². The van der Waals surface area contributed by atoms with Crippen molar-refractivity contribution in [3.8, 4) is 0 Å². The summed E-state index contributed by atoms with van der Waals surface area (Å²) in [5, 5.41) is 0. The van der Waals surface area contributed by atoms with Crippen LogP contribution in [-0.4, -0.2) is 32.8 Å². The zero-order valence-corrected chi connectivity index (χ0v) is 15.2. The third-order valence-corrected chi connectivity index (χ3v) is 28.3. The lowest BCUT2D eigenvalue weighted by atomic mass is 11.9. The van der Waals surface area contributed by atoms with Crippen molar-refractivity contribution >= 4 is 32.8 Å². The van der Waals surface area contributed by atoms with Gasteiger partial charge in [-0.15, -0.1) is 0 Å². The fourth-order valence-electron chi connectivity index (χ4n) is 2.11. The van der Waals surface area contributed by atoms with E-state index in [9.17, 15) is 0 Å². The molecule has 0 aromatic carbocycles. The van der Waals surface area contributed by atoms with Gasteiger partial charge in [0, 0.05) is 0 Å². The second-order valence-corrected chi connectivity index (χ2v) is 27.4. The molecule has 0 atom stereocenters. The van der Waals surface area contributed by atoms with Crippen LogP contribution >= 0.6 is 0 Å². The van der Waals surface area contributed by atoms with Crippen LogP contribution in [0, 0.1) is 0 Å². The van der Waals surface area contributed by atoms with Crippen LogP contribution in [0.3, 0.4) is 0 Å². The summed E-state index contributed by atoms with van der Waals surface area (Å²) in [5.74, 6) is 0. The average molecular weight is 281 g/mol. The second-order valence-electron chi connectivity index (χ2n) is 6.13. The lowest BCUT2D eigenvalue weighted by Gasteiger charge is -2.38. The first-order valence-corrected chi connectivity index (χ1v) is 17.9. The van der Waals surface area contributed by atoms with Crippen molar-refractivity contribution < 1.29 is 12.3 Å². The van der Waals surface area contributed by atoms with E-state index in [-0.39, 0.29) is 0 Å². The first-order chi connectivity index (χ1) is 6.37. The van der Waals surface area contributed by atoms with Crippen LogP contribution in [-0.2, 0) is 12.3 Å². The third-order valence-electron chi connectivity index (χ3n) is 2.94. The second kappa shape index (κ2) is 3.62. The van der Waals surface area contributed by atoms with E-state index in [1.807, 2.05) is 0 Å². The summed E-state index contributed by atoms with van der Waals surface area (Å²) >= 11 is 0. The van der Waals surface area contributed by atoms with E-state index in [1.54, 1.807) is 0 Å². The Bertz CT molecular complexity index is 237. The van der Waals surface area contributed by atoms with Gasteiger partial charge < -0.3 is 12.3 Å². The highest BCUT2D eigenvalue weighted by Gasteiger charge is 2.56. The maximum Gasteiger partial charge on any atom is 0.312 e. The van der Waals surface area contributed by atoms with Gasteiger partial charge in [0.1, 0.15) is 0 Å². The van der Waals surface area contributed by atoms with Gasteiger partial charge in [-0.05, 0) is 52.4 Å². The molecule has 1 fully saturated rings. The molecule has 3 nitrogen and oxygen atoms in total. The Hall–Kier alpha value is 0.748. The minimum Gasteiger partial charge on any atom is -0.437 e. The standard InChI is InChI=1S/C8H24O3Si4/c1-12(2)9-13(3,4)11-15(7,8)14(5,6)10-12/h1-8H3. The largest absolute Gasteiger partial charge is 0.437 e. The van der Waals surface area contributed by atoms with Crippen molar-refractivity contribution in [1.82, 2.24) is 0 Å². The van der Waals surface area contributed by atoms with E-state index in [1.165, 1.54) is 0 Å². The van der Waals surface area contributed by atoms with Gasteiger partial charge in [0.15, 0.2) is 15.7 Å². The van der Waals surface area contributed by atoms with Crippen molar-refractivity contribution in [2.45, 2.75) is 52.4 Å². The van der Waals surface area contributed by atoms with Crippen LogP contribution in [0.15, 0.2) is 0 Å². The van der Waals surface area contributed by atoms with Crippen molar-refractivity contribution in [3.63, 3.8) is 0 Å². The van der Waals surface area contributed by atoms with E-state index in [0.29, 0.717) is 0 Å². The van der Waals surface area contributed by atoms with E-state index in [0.717, 1.165) is 0 Å². The average Bonchev–Trinajstić information content (AvgIpc) is 1.77. The Morgan fingerprint density at radius 2 is 0.733 bits per heavy atom. The molecule has 15 heavy (non-hydrogen) atoms. The first kappa shape index (κ1) is 13.8. The maximum atomic E-state index is 6.36. The molecule has 0 spiro atoms. The molecule has 1 aliphatic rings. The molecule has 0 aromatic rings. The van der Waals surface area contributed by atoms with Gasteiger partial charge in [-0.3, -0.25) is 0 Å². The predicted octanol–water partition coefficient (Wildman–Crippen LogP) is 2.94. The summed E-state index contributed by atoms with van der Waals surface area (Å²) in [6.45, 7) is 17.7. The highest BCUT2D eigenvalue weighted by molar-refractivity contribution is 7.38. The van der Waals surface area contributed by atoms with Gasteiger partial charge in [-0.2, -0.15) is 0 Å². The zero-order chi connectivity index (χ0) is 12.1. The summed E-state index contributed by atoms with van der Waals surface area (Å²) in [4.78, 5) is 0. The number of hydrogen-bond acceptors (Lipinski definition) is 3. The van der Waals surface area contributed by atoms with Crippen molar-refractivity contribution in [1.29, 1.82) is 0 Å². The van der Waals surface area contributed by atoms with Crippen LogP contribution in [0.4, 0.5) is 0 Å². The Morgan fingerprint density at radius 1 is 0.467 bits per heavy atom. The Balaban J connectivity index is 3.10. The molecule has 0 aromatic heterocycles. The van der Waals surface area contributed by atoms with Crippen LogP contribution in [0.25, 0.3) is 0 Å². The molecular formula is C8H24O3Si4. The molecule has 1 aliphatic heterocycles. The summed E-state index contributed by atoms with van der Waals surface area (Å²) in [7, 11) is -7.34. The minimum atomic E-state index is -1.97. The van der Waals surface area contributed by atoms with E-state index in [4.69, 9.17) is 12.3 Å². The van der Waals surface area contributed by atoms with Crippen molar-refractivity contribution in [2.75, 3.05) is 0 Å². The van der Waals surface area contributed by atoms with Crippen LogP contribution in [0.1, 0.15) is 0 Å². The van der Waals surface area contributed by atoms with Gasteiger partial charge in [0.05, 0.1) is 0 Å². The molecule has 1 saturated heterocycles. The van der Waals surface area contributed by atoms with E-state index in [2.05, 4.69) is 52.4 Å². The lowest BCUT2D eigenvalue weighted by molar-refractivity contribution is 0.356. The van der Waals surface area contributed by atoms with Gasteiger partial charge in [0.25, 0.3) is 0 Å². The summed E-state index contributed by atoms with van der Waals surface area (Å²) in [5.41, 5.74) is 0. The first-order valence-electron chi connectivity index (χ1n) is 5.47. The minimum absolute atomic E-state index is 1.70. The fourth-order valence-corrected chi connectivity index (χ4v) is 28.6. The van der Waals surface area contributed by atoms with E-state index >= 15 is 0 Å². The normalized spacial score (nSPS) is 32.0. The molecule has 0 amide bonds. The van der Waals surface area contributed by atoms with Gasteiger partial charge in [-0.1, -0.05) is 0 Å². The molecule has 0 N–H and O–H groups in total. The zero-order valence-electron chi connectivity index (χ0n) is 11.2. The molecule has 7 heteroatoms. The molecule has 0 radical (unpaired) electrons. The lowest BCUT2D eigenvalue weighted by Crippen LogP contribution is -2.61. The quantitative estimate of drug-likeness (QED) is 0.639. The summed E-state index contributed by atoms with van der Waals surface area (Å²) in [6, 6.07) is 0. The molecule has 1 heterocycles. The Morgan fingerprint density at radius 3 is 1.00 bits per heavy atom. The maximum absolute atomic E-state index is 6.36. The Kier molecular flexibility index (Phi) is 3.33. The molecule has 0 bridgehead atoms. The smallest absolute Gasteiger partial charge is 0.312 e. The predicted molar refractivity (Wildman–Crippen MR) is 73.2 cm³/mol. The molecule has 0 unspecified atom stereocenters. The highest BCUT2D eigenvalue weighted by Crippen LogP contribution is 2.34. The van der Waals surface area contributed by atoms with Crippen LogP contribution in [0.2, 0.25) is 52.4 Å². The highest BCUT2D eigenvalue weighted by atomic mass is 29.3. The number of rotatable bonds is 0. The molecule has 1 rings (SSSR count). The SMILES string of the molecule is C[Si]1(C)O[Si](C)(C)O[Si](C)(C)[Si](C)(C)O1. The molecular weight excluding hydrogens is 256 g/mol. The molecule has 0 saturated carbocycles. The molecule has 0 aliphatic carbocycles. The fraction of sp³-hybridized carbons (Fsp3) is 1.00. The van der Waals surface area contributed by atoms with Crippen LogP contribution in [0.5, 0.6) is 0 Å². The topological polar surface area (TPSA) is 27.7 Å². The summed E-state index contributed by atoms with van der Waals surface area (Å²) < 4.78 is 18.9. The number of hydrogen-bond donors (Lipinski definition) is 0. The van der Waals surface area contributed by atoms with E-state index < -0.39 is 32.8 Å². The Labute approximate surface area is 97.7 Å². The third kappa shape index (κ3) is 3.11. The van der Waals surface area contributed by atoms with Crippen LogP contribution < -0.4 is 0 Å². The van der Waals surface area contributed by atoms with Crippen molar-refractivity contribution in [3.05, 3.63) is 0 Å². The van der Waals surface area contributed by atoms with Gasteiger partial charge in [0.2, 0.25) is 0 Å².